The van der Waals surface area contributed by atoms with Crippen LogP contribution in [0.15, 0.2) is 30.6 Å². The fourth-order valence-electron chi connectivity index (χ4n) is 3.67. The Morgan fingerprint density at radius 3 is 2.70 bits per heavy atom. The number of aromatic amines is 1. The Morgan fingerprint density at radius 2 is 1.96 bits per heavy atom. The number of fused-ring (bicyclic) bond motifs is 1. The normalized spacial score (nSPS) is 19.5. The minimum atomic E-state index is -0.903. The summed E-state index contributed by atoms with van der Waals surface area (Å²) in [5, 5.41) is 8.77. The smallest absolute Gasteiger partial charge is 0.129 e. The third kappa shape index (κ3) is 3.23. The average Bonchev–Trinajstić information content (AvgIpc) is 3.47. The summed E-state index contributed by atoms with van der Waals surface area (Å²) in [6, 6.07) is 6.29. The first-order valence-electron chi connectivity index (χ1n) is 9.33. The van der Waals surface area contributed by atoms with E-state index in [0.29, 0.717) is 5.92 Å². The molecule has 1 saturated carbocycles. The summed E-state index contributed by atoms with van der Waals surface area (Å²) in [5.41, 5.74) is 4.14. The Kier molecular flexibility index (Phi) is 4.17. The average molecular weight is 382 g/mol. The Balaban J connectivity index is 1.45. The lowest BCUT2D eigenvalue weighted by Crippen LogP contribution is -2.47. The molecule has 0 aromatic carbocycles. The van der Waals surface area contributed by atoms with Crippen molar-refractivity contribution in [2.45, 2.75) is 18.8 Å². The first-order valence-corrected chi connectivity index (χ1v) is 10.8. The van der Waals surface area contributed by atoms with Gasteiger partial charge in [-0.3, -0.25) is 10.1 Å². The van der Waals surface area contributed by atoms with Gasteiger partial charge >= 0.3 is 0 Å². The number of rotatable bonds is 4. The molecule has 3 aromatic rings. The Labute approximate surface area is 160 Å². The van der Waals surface area contributed by atoms with Crippen LogP contribution in [0.3, 0.4) is 0 Å². The summed E-state index contributed by atoms with van der Waals surface area (Å²) in [5.74, 6) is 1.56. The Morgan fingerprint density at radius 1 is 1.15 bits per heavy atom. The number of anilines is 1. The lowest BCUT2D eigenvalue weighted by Gasteiger charge is -2.33. The first kappa shape index (κ1) is 16.8. The largest absolute Gasteiger partial charge is 0.354 e. The van der Waals surface area contributed by atoms with Gasteiger partial charge < -0.3 is 4.90 Å². The standard InChI is InChI=1S/C19H22N6OS/c1-27(26)25-8-6-24(7-9-25)18-10-14(4-5-20-18)19-15-11-16(13-2-3-13)21-12-17(15)22-23-19/h4-5,10-13H,2-3,6-9H2,1H3,(H,22,23). The highest BCUT2D eigenvalue weighted by atomic mass is 32.2. The molecule has 7 nitrogen and oxygen atoms in total. The van der Waals surface area contributed by atoms with Gasteiger partial charge in [-0.25, -0.2) is 13.5 Å². The molecule has 27 heavy (non-hydrogen) atoms. The van der Waals surface area contributed by atoms with E-state index in [0.717, 1.165) is 54.2 Å². The molecule has 0 radical (unpaired) electrons. The quantitative estimate of drug-likeness (QED) is 0.749. The van der Waals surface area contributed by atoms with Gasteiger partial charge in [0.15, 0.2) is 0 Å². The Bertz CT molecular complexity index is 1010. The van der Waals surface area contributed by atoms with Gasteiger partial charge in [0.05, 0.1) is 22.7 Å². The molecular formula is C19H22N6OS. The van der Waals surface area contributed by atoms with E-state index in [1.807, 2.05) is 22.8 Å². The maximum atomic E-state index is 11.6. The number of piperazine rings is 1. The van der Waals surface area contributed by atoms with Crippen molar-refractivity contribution in [2.24, 2.45) is 0 Å². The third-order valence-corrected chi connectivity index (χ3v) is 6.50. The number of pyridine rings is 2. The summed E-state index contributed by atoms with van der Waals surface area (Å²) in [6.45, 7) is 3.23. The molecule has 1 unspecified atom stereocenters. The monoisotopic (exact) mass is 382 g/mol. The molecule has 0 amide bonds. The SMILES string of the molecule is CS(=O)N1CCN(c2cc(-c3n[nH]c4cnc(C5CC5)cc34)ccn2)CC1. The predicted octanol–water partition coefficient (Wildman–Crippen LogP) is 2.31. The van der Waals surface area contributed by atoms with E-state index in [9.17, 15) is 4.21 Å². The number of aromatic nitrogens is 4. The van der Waals surface area contributed by atoms with E-state index in [1.165, 1.54) is 18.5 Å². The summed E-state index contributed by atoms with van der Waals surface area (Å²) >= 11 is 0. The van der Waals surface area contributed by atoms with Crippen LogP contribution in [0.2, 0.25) is 0 Å². The zero-order valence-electron chi connectivity index (χ0n) is 15.3. The van der Waals surface area contributed by atoms with Crippen LogP contribution in [0.1, 0.15) is 24.5 Å². The highest BCUT2D eigenvalue weighted by Crippen LogP contribution is 2.40. The zero-order valence-corrected chi connectivity index (χ0v) is 16.1. The molecule has 1 saturated heterocycles. The second-order valence-corrected chi connectivity index (χ2v) is 8.61. The fourth-order valence-corrected chi connectivity index (χ4v) is 4.35. The molecule has 3 aromatic heterocycles. The minimum absolute atomic E-state index is 0.616. The predicted molar refractivity (Wildman–Crippen MR) is 107 cm³/mol. The van der Waals surface area contributed by atoms with Crippen LogP contribution in [0, 0.1) is 0 Å². The number of H-pyrrole nitrogens is 1. The number of nitrogens with one attached hydrogen (secondary N) is 1. The molecule has 0 bridgehead atoms. The van der Waals surface area contributed by atoms with Gasteiger partial charge in [-0.1, -0.05) is 0 Å². The fraction of sp³-hybridized carbons (Fsp3) is 0.421. The van der Waals surface area contributed by atoms with Gasteiger partial charge in [-0.05, 0) is 31.0 Å². The molecule has 1 aliphatic carbocycles. The van der Waals surface area contributed by atoms with Crippen LogP contribution in [0.25, 0.3) is 22.2 Å². The highest BCUT2D eigenvalue weighted by molar-refractivity contribution is 7.81. The maximum Gasteiger partial charge on any atom is 0.129 e. The van der Waals surface area contributed by atoms with Crippen LogP contribution in [-0.2, 0) is 11.0 Å². The van der Waals surface area contributed by atoms with E-state index in [-0.39, 0.29) is 0 Å². The minimum Gasteiger partial charge on any atom is -0.354 e. The zero-order chi connectivity index (χ0) is 18.4. The molecule has 2 fully saturated rings. The van der Waals surface area contributed by atoms with Gasteiger partial charge in [0.25, 0.3) is 0 Å². The molecule has 1 aliphatic heterocycles. The summed E-state index contributed by atoms with van der Waals surface area (Å²) in [6.07, 6.45) is 7.95. The van der Waals surface area contributed by atoms with Crippen molar-refractivity contribution < 1.29 is 4.21 Å². The summed E-state index contributed by atoms with van der Waals surface area (Å²) in [4.78, 5) is 11.4. The molecule has 5 rings (SSSR count). The van der Waals surface area contributed by atoms with Gasteiger partial charge in [-0.15, -0.1) is 0 Å². The van der Waals surface area contributed by atoms with Gasteiger partial charge in [-0.2, -0.15) is 5.10 Å². The van der Waals surface area contributed by atoms with Gasteiger partial charge in [0.1, 0.15) is 11.5 Å². The molecule has 1 atom stereocenters. The maximum absolute atomic E-state index is 11.6. The highest BCUT2D eigenvalue weighted by Gasteiger charge is 2.26. The number of hydrogen-bond donors (Lipinski definition) is 1. The summed E-state index contributed by atoms with van der Waals surface area (Å²) < 4.78 is 13.6. The molecule has 4 heterocycles. The molecule has 0 spiro atoms. The van der Waals surface area contributed by atoms with Gasteiger partial charge in [0, 0.05) is 61.2 Å². The van der Waals surface area contributed by atoms with Crippen LogP contribution in [-0.4, -0.2) is 61.1 Å². The lowest BCUT2D eigenvalue weighted by atomic mass is 10.1. The van der Waals surface area contributed by atoms with E-state index in [2.05, 4.69) is 37.2 Å². The van der Waals surface area contributed by atoms with Crippen molar-refractivity contribution in [1.82, 2.24) is 24.5 Å². The van der Waals surface area contributed by atoms with Crippen molar-refractivity contribution in [3.8, 4) is 11.3 Å². The molecule has 1 N–H and O–H groups in total. The van der Waals surface area contributed by atoms with Crippen molar-refractivity contribution >= 4 is 27.7 Å². The number of nitrogens with zero attached hydrogens (tertiary/aromatic N) is 5. The third-order valence-electron chi connectivity index (χ3n) is 5.41. The number of hydrogen-bond acceptors (Lipinski definition) is 5. The van der Waals surface area contributed by atoms with Crippen molar-refractivity contribution in [3.63, 3.8) is 0 Å². The molecule has 2 aliphatic rings. The van der Waals surface area contributed by atoms with Crippen molar-refractivity contribution in [3.05, 3.63) is 36.3 Å². The van der Waals surface area contributed by atoms with E-state index >= 15 is 0 Å². The molecule has 140 valence electrons. The second-order valence-electron chi connectivity index (χ2n) is 7.24. The molecule has 8 heteroatoms. The second kappa shape index (κ2) is 6.69. The first-order chi connectivity index (χ1) is 13.2. The van der Waals surface area contributed by atoms with E-state index in [4.69, 9.17) is 0 Å². The van der Waals surface area contributed by atoms with Crippen LogP contribution in [0.4, 0.5) is 5.82 Å². The van der Waals surface area contributed by atoms with Crippen LogP contribution >= 0.6 is 0 Å². The van der Waals surface area contributed by atoms with Gasteiger partial charge in [0.2, 0.25) is 0 Å². The van der Waals surface area contributed by atoms with Crippen LogP contribution < -0.4 is 4.90 Å². The molecular weight excluding hydrogens is 360 g/mol. The van der Waals surface area contributed by atoms with Crippen LogP contribution in [0.5, 0.6) is 0 Å². The topological polar surface area (TPSA) is 78.0 Å². The van der Waals surface area contributed by atoms with E-state index < -0.39 is 11.0 Å². The van der Waals surface area contributed by atoms with Crippen molar-refractivity contribution in [1.29, 1.82) is 0 Å². The van der Waals surface area contributed by atoms with Crippen molar-refractivity contribution in [2.75, 3.05) is 37.3 Å². The van der Waals surface area contributed by atoms with E-state index in [1.54, 1.807) is 6.26 Å². The Hall–Kier alpha value is -2.32. The summed E-state index contributed by atoms with van der Waals surface area (Å²) in [7, 11) is -0.903. The lowest BCUT2D eigenvalue weighted by molar-refractivity contribution is 0.411.